The maximum atomic E-state index is 5.75. The summed E-state index contributed by atoms with van der Waals surface area (Å²) >= 11 is 0. The summed E-state index contributed by atoms with van der Waals surface area (Å²) in [5.74, 6) is 0.713. The molecular weight excluding hydrogens is 174 g/mol. The van der Waals surface area contributed by atoms with Crippen molar-refractivity contribution in [3.63, 3.8) is 0 Å². The van der Waals surface area contributed by atoms with Gasteiger partial charge in [0.25, 0.3) is 0 Å². The van der Waals surface area contributed by atoms with E-state index in [1.54, 1.807) is 0 Å². The normalized spacial score (nSPS) is 29.8. The zero-order valence-corrected chi connectivity index (χ0v) is 10.1. The molecular formula is C12H25NO. The van der Waals surface area contributed by atoms with Crippen molar-refractivity contribution in [2.45, 2.75) is 58.6 Å². The molecule has 0 saturated carbocycles. The molecule has 2 heteroatoms. The predicted molar refractivity (Wildman–Crippen MR) is 60.5 cm³/mol. The van der Waals surface area contributed by atoms with Crippen LogP contribution in [0.4, 0.5) is 0 Å². The van der Waals surface area contributed by atoms with Gasteiger partial charge in [0.2, 0.25) is 0 Å². The molecule has 0 aromatic heterocycles. The zero-order valence-electron chi connectivity index (χ0n) is 10.1. The molecule has 84 valence electrons. The lowest BCUT2D eigenvalue weighted by Crippen LogP contribution is -2.43. The molecule has 14 heavy (non-hydrogen) atoms. The quantitative estimate of drug-likeness (QED) is 0.735. The maximum absolute atomic E-state index is 5.75. The largest absolute Gasteiger partial charge is 0.374 e. The van der Waals surface area contributed by atoms with Crippen molar-refractivity contribution in [1.29, 1.82) is 0 Å². The highest BCUT2D eigenvalue weighted by Gasteiger charge is 2.30. The Morgan fingerprint density at radius 2 is 2.14 bits per heavy atom. The van der Waals surface area contributed by atoms with E-state index in [1.165, 1.54) is 19.3 Å². The molecule has 1 saturated heterocycles. The van der Waals surface area contributed by atoms with Gasteiger partial charge in [-0.05, 0) is 32.1 Å². The van der Waals surface area contributed by atoms with Crippen molar-refractivity contribution in [2.24, 2.45) is 5.92 Å². The van der Waals surface area contributed by atoms with Gasteiger partial charge in [-0.2, -0.15) is 0 Å². The highest BCUT2D eigenvalue weighted by atomic mass is 16.5. The van der Waals surface area contributed by atoms with Gasteiger partial charge in [-0.15, -0.1) is 0 Å². The third-order valence-electron chi connectivity index (χ3n) is 3.28. The number of ether oxygens (including phenoxy) is 1. The third-order valence-corrected chi connectivity index (χ3v) is 3.28. The SMILES string of the molecule is CCC(NCC1(C)CCCO1)C(C)C. The van der Waals surface area contributed by atoms with Crippen molar-refractivity contribution < 1.29 is 4.74 Å². The molecule has 2 atom stereocenters. The monoisotopic (exact) mass is 199 g/mol. The van der Waals surface area contributed by atoms with Gasteiger partial charge < -0.3 is 10.1 Å². The molecule has 0 aromatic carbocycles. The number of hydrogen-bond donors (Lipinski definition) is 1. The summed E-state index contributed by atoms with van der Waals surface area (Å²) in [4.78, 5) is 0. The topological polar surface area (TPSA) is 21.3 Å². The van der Waals surface area contributed by atoms with Crippen LogP contribution in [-0.2, 0) is 4.74 Å². The summed E-state index contributed by atoms with van der Waals surface area (Å²) in [6, 6.07) is 0.635. The Balaban J connectivity index is 2.30. The van der Waals surface area contributed by atoms with E-state index in [1.807, 2.05) is 0 Å². The number of nitrogens with one attached hydrogen (secondary N) is 1. The summed E-state index contributed by atoms with van der Waals surface area (Å²) in [5.41, 5.74) is 0.0995. The van der Waals surface area contributed by atoms with Gasteiger partial charge in [0.05, 0.1) is 5.60 Å². The van der Waals surface area contributed by atoms with Crippen LogP contribution in [0.15, 0.2) is 0 Å². The zero-order chi connectivity index (χ0) is 10.6. The van der Waals surface area contributed by atoms with E-state index >= 15 is 0 Å². The molecule has 1 fully saturated rings. The second kappa shape index (κ2) is 5.13. The highest BCUT2D eigenvalue weighted by Crippen LogP contribution is 2.24. The minimum absolute atomic E-state index is 0.0995. The van der Waals surface area contributed by atoms with E-state index in [9.17, 15) is 0 Å². The first-order valence-corrected chi connectivity index (χ1v) is 5.95. The summed E-state index contributed by atoms with van der Waals surface area (Å²) in [6.07, 6.45) is 3.62. The molecule has 0 bridgehead atoms. The lowest BCUT2D eigenvalue weighted by Gasteiger charge is -2.28. The van der Waals surface area contributed by atoms with Crippen LogP contribution in [0.5, 0.6) is 0 Å². The standard InChI is InChI=1S/C12H25NO/c1-5-11(10(2)3)13-9-12(4)7-6-8-14-12/h10-11,13H,5-9H2,1-4H3. The molecule has 1 rings (SSSR count). The van der Waals surface area contributed by atoms with Gasteiger partial charge in [-0.1, -0.05) is 20.8 Å². The van der Waals surface area contributed by atoms with E-state index in [0.717, 1.165) is 13.2 Å². The Bertz CT molecular complexity index is 162. The minimum atomic E-state index is 0.0995. The molecule has 2 nitrogen and oxygen atoms in total. The van der Waals surface area contributed by atoms with Crippen molar-refractivity contribution in [1.82, 2.24) is 5.32 Å². The second-order valence-electron chi connectivity index (χ2n) is 5.04. The van der Waals surface area contributed by atoms with E-state index in [-0.39, 0.29) is 5.60 Å². The fraction of sp³-hybridized carbons (Fsp3) is 1.00. The Morgan fingerprint density at radius 3 is 2.57 bits per heavy atom. The number of rotatable bonds is 5. The van der Waals surface area contributed by atoms with Gasteiger partial charge in [0.1, 0.15) is 0 Å². The predicted octanol–water partition coefficient (Wildman–Crippen LogP) is 2.58. The molecule has 0 aliphatic carbocycles. The molecule has 1 N–H and O–H groups in total. The molecule has 0 amide bonds. The van der Waals surface area contributed by atoms with Crippen molar-refractivity contribution in [2.75, 3.05) is 13.2 Å². The Hall–Kier alpha value is -0.0800. The molecule has 1 aliphatic rings. The summed E-state index contributed by atoms with van der Waals surface area (Å²) in [6.45, 7) is 11.0. The first kappa shape index (κ1) is 12.0. The molecule has 1 heterocycles. The minimum Gasteiger partial charge on any atom is -0.374 e. The smallest absolute Gasteiger partial charge is 0.0779 e. The fourth-order valence-corrected chi connectivity index (χ4v) is 2.17. The van der Waals surface area contributed by atoms with Gasteiger partial charge in [-0.25, -0.2) is 0 Å². The first-order chi connectivity index (χ1) is 6.57. The summed E-state index contributed by atoms with van der Waals surface area (Å²) in [7, 11) is 0. The van der Waals surface area contributed by atoms with Crippen molar-refractivity contribution in [3.8, 4) is 0 Å². The summed E-state index contributed by atoms with van der Waals surface area (Å²) in [5, 5.41) is 3.63. The van der Waals surface area contributed by atoms with Crippen LogP contribution in [-0.4, -0.2) is 24.8 Å². The van der Waals surface area contributed by atoms with Gasteiger partial charge in [0, 0.05) is 19.2 Å². The van der Waals surface area contributed by atoms with Crippen molar-refractivity contribution >= 4 is 0 Å². The van der Waals surface area contributed by atoms with Gasteiger partial charge in [-0.3, -0.25) is 0 Å². The van der Waals surface area contributed by atoms with Crippen LogP contribution in [0.2, 0.25) is 0 Å². The molecule has 0 aromatic rings. The second-order valence-corrected chi connectivity index (χ2v) is 5.04. The van der Waals surface area contributed by atoms with Crippen molar-refractivity contribution in [3.05, 3.63) is 0 Å². The first-order valence-electron chi connectivity index (χ1n) is 5.95. The van der Waals surface area contributed by atoms with Crippen LogP contribution >= 0.6 is 0 Å². The number of hydrogen-bond acceptors (Lipinski definition) is 2. The fourth-order valence-electron chi connectivity index (χ4n) is 2.17. The lowest BCUT2D eigenvalue weighted by molar-refractivity contribution is 0.0174. The van der Waals surface area contributed by atoms with Crippen LogP contribution < -0.4 is 5.32 Å². The van der Waals surface area contributed by atoms with Gasteiger partial charge >= 0.3 is 0 Å². The third kappa shape index (κ3) is 3.25. The van der Waals surface area contributed by atoms with Crippen LogP contribution in [0, 0.1) is 5.92 Å². The van der Waals surface area contributed by atoms with E-state index < -0.39 is 0 Å². The van der Waals surface area contributed by atoms with E-state index in [2.05, 4.69) is 33.0 Å². The van der Waals surface area contributed by atoms with Gasteiger partial charge in [0.15, 0.2) is 0 Å². The lowest BCUT2D eigenvalue weighted by atomic mass is 9.98. The van der Waals surface area contributed by atoms with Crippen LogP contribution in [0.25, 0.3) is 0 Å². The molecule has 0 radical (unpaired) electrons. The maximum Gasteiger partial charge on any atom is 0.0779 e. The van der Waals surface area contributed by atoms with Crippen LogP contribution in [0.1, 0.15) is 47.0 Å². The van der Waals surface area contributed by atoms with E-state index in [0.29, 0.717) is 12.0 Å². The Morgan fingerprint density at radius 1 is 1.43 bits per heavy atom. The van der Waals surface area contributed by atoms with Crippen LogP contribution in [0.3, 0.4) is 0 Å². The average molecular weight is 199 g/mol. The molecule has 2 unspecified atom stereocenters. The Kier molecular flexibility index (Phi) is 4.39. The average Bonchev–Trinajstić information content (AvgIpc) is 2.53. The molecule has 0 spiro atoms. The van der Waals surface area contributed by atoms with E-state index in [4.69, 9.17) is 4.74 Å². The highest BCUT2D eigenvalue weighted by molar-refractivity contribution is 4.84. The Labute approximate surface area is 88.4 Å². The summed E-state index contributed by atoms with van der Waals surface area (Å²) < 4.78 is 5.75. The molecule has 1 aliphatic heterocycles.